The molecule has 0 saturated carbocycles. The first kappa shape index (κ1) is 9.99. The molecule has 13 heavy (non-hydrogen) atoms. The molecule has 3 heteroatoms. The van der Waals surface area contributed by atoms with Crippen molar-refractivity contribution < 1.29 is 9.53 Å². The normalized spacial score (nSPS) is 10.7. The Labute approximate surface area is 78.3 Å². The van der Waals surface area contributed by atoms with Gasteiger partial charge in [-0.15, -0.1) is 0 Å². The minimum atomic E-state index is 0.246. The molecule has 0 aliphatic rings. The highest BCUT2D eigenvalue weighted by molar-refractivity contribution is 5.72. The van der Waals surface area contributed by atoms with Gasteiger partial charge in [-0.1, -0.05) is 0 Å². The Bertz CT molecular complexity index is 266. The second-order valence-electron chi connectivity index (χ2n) is 3.16. The van der Waals surface area contributed by atoms with Crippen LogP contribution in [0, 0.1) is 0 Å². The number of rotatable bonds is 5. The van der Waals surface area contributed by atoms with E-state index in [-0.39, 0.29) is 6.10 Å². The molecule has 3 nitrogen and oxygen atoms in total. The molecule has 0 bridgehead atoms. The SMILES string of the molecule is CC(C)OCCn1cccc1C=O. The van der Waals surface area contributed by atoms with Crippen LogP contribution < -0.4 is 0 Å². The summed E-state index contributed by atoms with van der Waals surface area (Å²) >= 11 is 0. The van der Waals surface area contributed by atoms with Gasteiger partial charge in [-0.2, -0.15) is 0 Å². The van der Waals surface area contributed by atoms with Crippen molar-refractivity contribution in [3.8, 4) is 0 Å². The summed E-state index contributed by atoms with van der Waals surface area (Å²) in [6.45, 7) is 5.37. The summed E-state index contributed by atoms with van der Waals surface area (Å²) in [6.07, 6.45) is 2.98. The van der Waals surface area contributed by atoms with Crippen molar-refractivity contribution in [2.75, 3.05) is 6.61 Å². The second kappa shape index (κ2) is 4.82. The van der Waals surface area contributed by atoms with E-state index in [0.29, 0.717) is 12.3 Å². The van der Waals surface area contributed by atoms with Gasteiger partial charge < -0.3 is 9.30 Å². The zero-order valence-electron chi connectivity index (χ0n) is 8.06. The van der Waals surface area contributed by atoms with E-state index in [1.807, 2.05) is 30.7 Å². The van der Waals surface area contributed by atoms with E-state index in [9.17, 15) is 4.79 Å². The third-order valence-electron chi connectivity index (χ3n) is 1.77. The summed E-state index contributed by atoms with van der Waals surface area (Å²) in [6, 6.07) is 3.65. The molecule has 0 amide bonds. The van der Waals surface area contributed by atoms with Crippen LogP contribution in [0.15, 0.2) is 18.3 Å². The number of aromatic nitrogens is 1. The zero-order chi connectivity index (χ0) is 9.68. The van der Waals surface area contributed by atoms with Gasteiger partial charge in [-0.05, 0) is 26.0 Å². The highest BCUT2D eigenvalue weighted by Gasteiger charge is 1.99. The van der Waals surface area contributed by atoms with Crippen molar-refractivity contribution in [1.82, 2.24) is 4.57 Å². The van der Waals surface area contributed by atoms with Gasteiger partial charge in [0.2, 0.25) is 0 Å². The molecule has 0 aromatic carbocycles. The lowest BCUT2D eigenvalue weighted by Crippen LogP contribution is -2.11. The van der Waals surface area contributed by atoms with E-state index in [2.05, 4.69) is 0 Å². The van der Waals surface area contributed by atoms with Crippen molar-refractivity contribution in [3.05, 3.63) is 24.0 Å². The maximum Gasteiger partial charge on any atom is 0.166 e. The number of hydrogen-bond acceptors (Lipinski definition) is 2. The number of ether oxygens (including phenoxy) is 1. The minimum absolute atomic E-state index is 0.246. The maximum absolute atomic E-state index is 10.5. The van der Waals surface area contributed by atoms with Gasteiger partial charge in [-0.3, -0.25) is 4.79 Å². The first-order valence-corrected chi connectivity index (χ1v) is 4.46. The standard InChI is InChI=1S/C10H15NO2/c1-9(2)13-7-6-11-5-3-4-10(11)8-12/h3-5,8-9H,6-7H2,1-2H3. The van der Waals surface area contributed by atoms with E-state index in [0.717, 1.165) is 12.8 Å². The molecule has 1 heterocycles. The molecule has 72 valence electrons. The Balaban J connectivity index is 2.40. The molecule has 1 aromatic rings. The molecule has 1 rings (SSSR count). The molecule has 0 radical (unpaired) electrons. The van der Waals surface area contributed by atoms with Crippen molar-refractivity contribution in [3.63, 3.8) is 0 Å². The van der Waals surface area contributed by atoms with Crippen LogP contribution in [0.3, 0.4) is 0 Å². The fourth-order valence-electron chi connectivity index (χ4n) is 1.12. The van der Waals surface area contributed by atoms with Crippen LogP contribution in [0.1, 0.15) is 24.3 Å². The van der Waals surface area contributed by atoms with E-state index in [1.54, 1.807) is 6.07 Å². The summed E-state index contributed by atoms with van der Waals surface area (Å²) < 4.78 is 7.26. The van der Waals surface area contributed by atoms with E-state index in [1.165, 1.54) is 0 Å². The van der Waals surface area contributed by atoms with Gasteiger partial charge in [0.25, 0.3) is 0 Å². The van der Waals surface area contributed by atoms with Crippen LogP contribution in [0.25, 0.3) is 0 Å². The van der Waals surface area contributed by atoms with Gasteiger partial charge >= 0.3 is 0 Å². The summed E-state index contributed by atoms with van der Waals surface area (Å²) in [4.78, 5) is 10.5. The lowest BCUT2D eigenvalue weighted by atomic mass is 10.4. The summed E-state index contributed by atoms with van der Waals surface area (Å²) in [5, 5.41) is 0. The summed E-state index contributed by atoms with van der Waals surface area (Å²) in [5.41, 5.74) is 0.701. The van der Waals surface area contributed by atoms with Crippen LogP contribution in [0.5, 0.6) is 0 Å². The number of hydrogen-bond donors (Lipinski definition) is 0. The highest BCUT2D eigenvalue weighted by atomic mass is 16.5. The van der Waals surface area contributed by atoms with Crippen LogP contribution in [0.4, 0.5) is 0 Å². The second-order valence-corrected chi connectivity index (χ2v) is 3.16. The molecule has 0 N–H and O–H groups in total. The molecule has 0 fully saturated rings. The van der Waals surface area contributed by atoms with Crippen molar-refractivity contribution in [2.24, 2.45) is 0 Å². The molecule has 0 aliphatic carbocycles. The van der Waals surface area contributed by atoms with Crippen molar-refractivity contribution >= 4 is 6.29 Å². The Hall–Kier alpha value is -1.09. The van der Waals surface area contributed by atoms with Crippen molar-refractivity contribution in [1.29, 1.82) is 0 Å². The molecule has 1 aromatic heterocycles. The lowest BCUT2D eigenvalue weighted by molar-refractivity contribution is 0.0723. The quantitative estimate of drug-likeness (QED) is 0.648. The summed E-state index contributed by atoms with van der Waals surface area (Å²) in [7, 11) is 0. The molecular formula is C10H15NO2. The van der Waals surface area contributed by atoms with E-state index < -0.39 is 0 Å². The van der Waals surface area contributed by atoms with Crippen LogP contribution in [0.2, 0.25) is 0 Å². The predicted molar refractivity (Wildman–Crippen MR) is 50.9 cm³/mol. The molecular weight excluding hydrogens is 166 g/mol. The van der Waals surface area contributed by atoms with Gasteiger partial charge in [0.05, 0.1) is 18.4 Å². The minimum Gasteiger partial charge on any atom is -0.377 e. The van der Waals surface area contributed by atoms with Crippen molar-refractivity contribution in [2.45, 2.75) is 26.5 Å². The van der Waals surface area contributed by atoms with Gasteiger partial charge in [0.1, 0.15) is 0 Å². The van der Waals surface area contributed by atoms with Crippen LogP contribution >= 0.6 is 0 Å². The van der Waals surface area contributed by atoms with Gasteiger partial charge in [0, 0.05) is 12.7 Å². The molecule has 0 spiro atoms. The zero-order valence-corrected chi connectivity index (χ0v) is 8.06. The summed E-state index contributed by atoms with van der Waals surface area (Å²) in [5.74, 6) is 0. The Morgan fingerprint density at radius 3 is 3.00 bits per heavy atom. The third-order valence-corrected chi connectivity index (χ3v) is 1.77. The van der Waals surface area contributed by atoms with Crippen LogP contribution in [-0.2, 0) is 11.3 Å². The largest absolute Gasteiger partial charge is 0.377 e. The Morgan fingerprint density at radius 2 is 2.38 bits per heavy atom. The number of aldehydes is 1. The van der Waals surface area contributed by atoms with Crippen LogP contribution in [-0.4, -0.2) is 23.6 Å². The fraction of sp³-hybridized carbons (Fsp3) is 0.500. The van der Waals surface area contributed by atoms with E-state index in [4.69, 9.17) is 4.74 Å². The molecule has 0 unspecified atom stereocenters. The number of carbonyl (C=O) groups excluding carboxylic acids is 1. The Morgan fingerprint density at radius 1 is 1.62 bits per heavy atom. The highest BCUT2D eigenvalue weighted by Crippen LogP contribution is 1.99. The van der Waals surface area contributed by atoms with Gasteiger partial charge in [0.15, 0.2) is 6.29 Å². The first-order chi connectivity index (χ1) is 6.24. The number of nitrogens with zero attached hydrogens (tertiary/aromatic N) is 1. The maximum atomic E-state index is 10.5. The average Bonchev–Trinajstić information content (AvgIpc) is 2.51. The molecule has 0 aliphatic heterocycles. The monoisotopic (exact) mass is 181 g/mol. The topological polar surface area (TPSA) is 31.2 Å². The molecule has 0 atom stereocenters. The predicted octanol–water partition coefficient (Wildman–Crippen LogP) is 1.73. The lowest BCUT2D eigenvalue weighted by Gasteiger charge is -2.08. The smallest absolute Gasteiger partial charge is 0.166 e. The average molecular weight is 181 g/mol. The number of carbonyl (C=O) groups is 1. The first-order valence-electron chi connectivity index (χ1n) is 4.46. The fourth-order valence-corrected chi connectivity index (χ4v) is 1.12. The Kier molecular flexibility index (Phi) is 3.71. The molecule has 0 saturated heterocycles. The third kappa shape index (κ3) is 3.03. The van der Waals surface area contributed by atoms with Gasteiger partial charge in [-0.25, -0.2) is 0 Å². The van der Waals surface area contributed by atoms with E-state index >= 15 is 0 Å².